The lowest BCUT2D eigenvalue weighted by Crippen LogP contribution is -2.24. The Morgan fingerprint density at radius 3 is 2.57 bits per heavy atom. The predicted octanol–water partition coefficient (Wildman–Crippen LogP) is 2.88. The zero-order valence-electron chi connectivity index (χ0n) is 13.5. The summed E-state index contributed by atoms with van der Waals surface area (Å²) >= 11 is 0.956. The van der Waals surface area contributed by atoms with Gasteiger partial charge in [0.2, 0.25) is 14.2 Å². The molecule has 3 rings (SSSR count). The van der Waals surface area contributed by atoms with Crippen molar-refractivity contribution in [2.24, 2.45) is 17.8 Å². The molecule has 1 amide bonds. The first-order chi connectivity index (χ1) is 11.0. The first-order valence-corrected chi connectivity index (χ1v) is 10.9. The standard InChI is InChI=1S/C16H24N2O3S2/c1-2-23(20,21)16-18-10-14(22-16)15(19)17-9-3-4-13-11-5-6-12(13)8-7-11/h10-13H,2-9H2,1H3,(H,17,19). The van der Waals surface area contributed by atoms with E-state index in [0.717, 1.165) is 35.5 Å². The fourth-order valence-corrected chi connectivity index (χ4v) is 6.27. The van der Waals surface area contributed by atoms with E-state index in [1.54, 1.807) is 6.92 Å². The van der Waals surface area contributed by atoms with Gasteiger partial charge < -0.3 is 5.32 Å². The molecule has 0 aromatic carbocycles. The summed E-state index contributed by atoms with van der Waals surface area (Å²) < 4.78 is 23.5. The van der Waals surface area contributed by atoms with Crippen molar-refractivity contribution in [2.75, 3.05) is 12.3 Å². The smallest absolute Gasteiger partial charge is 0.263 e. The van der Waals surface area contributed by atoms with Gasteiger partial charge in [-0.3, -0.25) is 4.79 Å². The number of carbonyl (C=O) groups is 1. The molecule has 1 N–H and O–H groups in total. The summed E-state index contributed by atoms with van der Waals surface area (Å²) in [6, 6.07) is 0. The van der Waals surface area contributed by atoms with Gasteiger partial charge in [-0.2, -0.15) is 0 Å². The number of fused-ring (bicyclic) bond motifs is 2. The van der Waals surface area contributed by atoms with E-state index in [0.29, 0.717) is 11.4 Å². The second kappa shape index (κ2) is 6.89. The fraction of sp³-hybridized carbons (Fsp3) is 0.750. The van der Waals surface area contributed by atoms with Crippen molar-refractivity contribution in [3.05, 3.63) is 11.1 Å². The van der Waals surface area contributed by atoms with Gasteiger partial charge >= 0.3 is 0 Å². The van der Waals surface area contributed by atoms with Crippen LogP contribution in [0, 0.1) is 17.8 Å². The molecular weight excluding hydrogens is 332 g/mol. The maximum absolute atomic E-state index is 12.1. The van der Waals surface area contributed by atoms with Crippen LogP contribution in [0.1, 0.15) is 55.1 Å². The highest BCUT2D eigenvalue weighted by Gasteiger charge is 2.40. The Morgan fingerprint density at radius 2 is 1.96 bits per heavy atom. The van der Waals surface area contributed by atoms with Crippen molar-refractivity contribution in [3.63, 3.8) is 0 Å². The average Bonchev–Trinajstić information content (AvgIpc) is 3.27. The number of carbonyl (C=O) groups excluding carboxylic acids is 1. The summed E-state index contributed by atoms with van der Waals surface area (Å²) in [5, 5.41) is 2.89. The summed E-state index contributed by atoms with van der Waals surface area (Å²) in [4.78, 5) is 16.3. The molecule has 0 saturated heterocycles. The number of nitrogens with one attached hydrogen (secondary N) is 1. The number of sulfone groups is 1. The Balaban J connectivity index is 1.45. The SMILES string of the molecule is CCS(=O)(=O)c1ncc(C(=O)NCCCC2C3CCC2CC3)s1. The highest BCUT2D eigenvalue weighted by atomic mass is 32.2. The first kappa shape index (κ1) is 16.9. The Labute approximate surface area is 141 Å². The molecule has 2 aliphatic rings. The van der Waals surface area contributed by atoms with E-state index in [4.69, 9.17) is 0 Å². The van der Waals surface area contributed by atoms with Gasteiger partial charge in [-0.05, 0) is 56.3 Å². The summed E-state index contributed by atoms with van der Waals surface area (Å²) in [6.07, 6.45) is 9.17. The van der Waals surface area contributed by atoms with Crippen LogP contribution in [0.5, 0.6) is 0 Å². The quantitative estimate of drug-likeness (QED) is 0.762. The van der Waals surface area contributed by atoms with Crippen molar-refractivity contribution < 1.29 is 13.2 Å². The van der Waals surface area contributed by atoms with Crippen molar-refractivity contribution in [3.8, 4) is 0 Å². The molecule has 2 saturated carbocycles. The Kier molecular flexibility index (Phi) is 5.06. The third-order valence-electron chi connectivity index (χ3n) is 5.38. The van der Waals surface area contributed by atoms with Crippen LogP contribution < -0.4 is 5.32 Å². The highest BCUT2D eigenvalue weighted by Crippen LogP contribution is 2.50. The maximum atomic E-state index is 12.1. The Bertz CT molecular complexity index is 649. The number of thiazole rings is 1. The minimum absolute atomic E-state index is 0.00525. The van der Waals surface area contributed by atoms with Gasteiger partial charge in [-0.1, -0.05) is 18.3 Å². The fourth-order valence-electron chi connectivity index (χ4n) is 4.11. The molecule has 128 valence electrons. The molecule has 0 atom stereocenters. The van der Waals surface area contributed by atoms with Crippen LogP contribution >= 0.6 is 11.3 Å². The van der Waals surface area contributed by atoms with Crippen LogP contribution in [0.15, 0.2) is 10.5 Å². The minimum Gasteiger partial charge on any atom is -0.351 e. The minimum atomic E-state index is -3.33. The van der Waals surface area contributed by atoms with Gasteiger partial charge in [-0.15, -0.1) is 0 Å². The predicted molar refractivity (Wildman–Crippen MR) is 90.3 cm³/mol. The van der Waals surface area contributed by atoms with Gasteiger partial charge in [0, 0.05) is 6.54 Å². The van der Waals surface area contributed by atoms with E-state index in [1.807, 2.05) is 0 Å². The summed E-state index contributed by atoms with van der Waals surface area (Å²) in [5.41, 5.74) is 0. The van der Waals surface area contributed by atoms with Crippen molar-refractivity contribution in [2.45, 2.75) is 49.8 Å². The van der Waals surface area contributed by atoms with Gasteiger partial charge in [0.1, 0.15) is 4.88 Å². The topological polar surface area (TPSA) is 76.1 Å². The van der Waals surface area contributed by atoms with Crippen LogP contribution in [0.25, 0.3) is 0 Å². The molecule has 0 aliphatic heterocycles. The summed E-state index contributed by atoms with van der Waals surface area (Å²) in [6.45, 7) is 2.23. The molecule has 2 aliphatic carbocycles. The van der Waals surface area contributed by atoms with E-state index < -0.39 is 9.84 Å². The van der Waals surface area contributed by atoms with E-state index in [1.165, 1.54) is 38.3 Å². The third kappa shape index (κ3) is 3.60. The van der Waals surface area contributed by atoms with Crippen LogP contribution in [-0.4, -0.2) is 31.6 Å². The molecule has 23 heavy (non-hydrogen) atoms. The first-order valence-electron chi connectivity index (χ1n) is 8.48. The van der Waals surface area contributed by atoms with Crippen LogP contribution in [0.4, 0.5) is 0 Å². The van der Waals surface area contributed by atoms with Crippen LogP contribution in [-0.2, 0) is 9.84 Å². The number of hydrogen-bond donors (Lipinski definition) is 1. The second-order valence-electron chi connectivity index (χ2n) is 6.63. The lowest BCUT2D eigenvalue weighted by molar-refractivity contribution is 0.0956. The number of amides is 1. The van der Waals surface area contributed by atoms with Crippen LogP contribution in [0.3, 0.4) is 0 Å². The van der Waals surface area contributed by atoms with E-state index in [-0.39, 0.29) is 16.0 Å². The molecule has 1 aromatic rings. The molecule has 2 fully saturated rings. The van der Waals surface area contributed by atoms with Crippen molar-refractivity contribution >= 4 is 27.1 Å². The van der Waals surface area contributed by atoms with Crippen molar-refractivity contribution in [1.29, 1.82) is 0 Å². The molecule has 7 heteroatoms. The highest BCUT2D eigenvalue weighted by molar-refractivity contribution is 7.93. The Hall–Kier alpha value is -0.950. The molecule has 0 radical (unpaired) electrons. The van der Waals surface area contributed by atoms with Gasteiger partial charge in [0.15, 0.2) is 0 Å². The van der Waals surface area contributed by atoms with Gasteiger partial charge in [0.05, 0.1) is 11.9 Å². The molecule has 1 aromatic heterocycles. The van der Waals surface area contributed by atoms with E-state index in [2.05, 4.69) is 10.3 Å². The summed E-state index contributed by atoms with van der Waals surface area (Å²) in [7, 11) is -3.33. The van der Waals surface area contributed by atoms with Crippen LogP contribution in [0.2, 0.25) is 0 Å². The van der Waals surface area contributed by atoms with Gasteiger partial charge in [0.25, 0.3) is 5.91 Å². The molecule has 5 nitrogen and oxygen atoms in total. The lowest BCUT2D eigenvalue weighted by Gasteiger charge is -2.15. The molecule has 1 heterocycles. The largest absolute Gasteiger partial charge is 0.351 e. The zero-order chi connectivity index (χ0) is 16.4. The normalized spacial score (nSPS) is 26.6. The summed E-state index contributed by atoms with van der Waals surface area (Å²) in [5.74, 6) is 2.52. The molecule has 0 spiro atoms. The average molecular weight is 357 g/mol. The Morgan fingerprint density at radius 1 is 1.30 bits per heavy atom. The van der Waals surface area contributed by atoms with E-state index in [9.17, 15) is 13.2 Å². The zero-order valence-corrected chi connectivity index (χ0v) is 15.1. The number of hydrogen-bond acceptors (Lipinski definition) is 5. The maximum Gasteiger partial charge on any atom is 0.263 e. The number of rotatable bonds is 7. The molecular formula is C16H24N2O3S2. The molecule has 2 bridgehead atoms. The third-order valence-corrected chi connectivity index (χ3v) is 8.58. The molecule has 0 unspecified atom stereocenters. The lowest BCUT2D eigenvalue weighted by atomic mass is 9.92. The number of nitrogens with zero attached hydrogens (tertiary/aromatic N) is 1. The second-order valence-corrected chi connectivity index (χ2v) is 10.1. The van der Waals surface area contributed by atoms with E-state index >= 15 is 0 Å². The monoisotopic (exact) mass is 356 g/mol. The number of aromatic nitrogens is 1. The van der Waals surface area contributed by atoms with Crippen molar-refractivity contribution in [1.82, 2.24) is 10.3 Å². The van der Waals surface area contributed by atoms with Gasteiger partial charge in [-0.25, -0.2) is 13.4 Å².